The highest BCUT2D eigenvalue weighted by Crippen LogP contribution is 2.15. The van der Waals surface area contributed by atoms with Crippen molar-refractivity contribution in [3.8, 4) is 6.07 Å². The molecule has 0 aromatic heterocycles. The molecule has 0 N–H and O–H groups in total. The Morgan fingerprint density at radius 3 is 2.77 bits per heavy atom. The molecule has 1 aliphatic rings. The van der Waals surface area contributed by atoms with Gasteiger partial charge in [0.15, 0.2) is 0 Å². The van der Waals surface area contributed by atoms with Crippen LogP contribution in [0.3, 0.4) is 0 Å². The second kappa shape index (κ2) is 3.75. The molecule has 72 valence electrons. The average molecular weight is 181 g/mol. The third-order valence-corrected chi connectivity index (χ3v) is 2.66. The van der Waals surface area contributed by atoms with Gasteiger partial charge in [0, 0.05) is 19.6 Å². The van der Waals surface area contributed by atoms with Crippen LogP contribution < -0.4 is 0 Å². The van der Waals surface area contributed by atoms with Crippen molar-refractivity contribution in [1.29, 1.82) is 5.26 Å². The molecule has 0 bridgehead atoms. The first-order valence-corrected chi connectivity index (χ1v) is 4.41. The van der Waals surface area contributed by atoms with Crippen LogP contribution >= 0.6 is 0 Å². The number of carbonyl (C=O) groups is 1. The van der Waals surface area contributed by atoms with E-state index >= 15 is 0 Å². The molecule has 1 aliphatic heterocycles. The fourth-order valence-corrected chi connectivity index (χ4v) is 1.64. The molecule has 0 spiro atoms. The molecule has 0 aromatic carbocycles. The van der Waals surface area contributed by atoms with Crippen LogP contribution in [0.4, 0.5) is 0 Å². The van der Waals surface area contributed by atoms with Crippen molar-refractivity contribution in [2.24, 2.45) is 0 Å². The lowest BCUT2D eigenvalue weighted by molar-refractivity contribution is -0.142. The molecule has 1 amide bonds. The number of hydrogen-bond acceptors (Lipinski definition) is 3. The number of likely N-dealkylation sites (N-methyl/N-ethyl adjacent to an activating group) is 2. The van der Waals surface area contributed by atoms with Crippen LogP contribution in [0.5, 0.6) is 0 Å². The van der Waals surface area contributed by atoms with Gasteiger partial charge < -0.3 is 4.90 Å². The van der Waals surface area contributed by atoms with Gasteiger partial charge in [0.05, 0.1) is 12.5 Å². The van der Waals surface area contributed by atoms with E-state index in [1.807, 2.05) is 24.9 Å². The summed E-state index contributed by atoms with van der Waals surface area (Å²) in [5, 5.41) is 8.56. The van der Waals surface area contributed by atoms with E-state index in [0.717, 1.165) is 6.54 Å². The van der Waals surface area contributed by atoms with E-state index in [0.29, 0.717) is 0 Å². The maximum absolute atomic E-state index is 11.7. The van der Waals surface area contributed by atoms with Crippen molar-refractivity contribution < 1.29 is 4.79 Å². The van der Waals surface area contributed by atoms with Crippen molar-refractivity contribution in [2.75, 3.05) is 20.6 Å². The quantitative estimate of drug-likeness (QED) is 0.574. The molecule has 0 aliphatic carbocycles. The van der Waals surface area contributed by atoms with Crippen LogP contribution in [-0.4, -0.2) is 48.4 Å². The van der Waals surface area contributed by atoms with Crippen LogP contribution in [0.25, 0.3) is 0 Å². The van der Waals surface area contributed by atoms with Gasteiger partial charge in [0.25, 0.3) is 0 Å². The Hall–Kier alpha value is -1.08. The summed E-state index contributed by atoms with van der Waals surface area (Å²) in [5.74, 6) is 0.0581. The molecule has 2 unspecified atom stereocenters. The largest absolute Gasteiger partial charge is 0.340 e. The van der Waals surface area contributed by atoms with Crippen LogP contribution in [0, 0.1) is 11.3 Å². The van der Waals surface area contributed by atoms with E-state index in [1.165, 1.54) is 0 Å². The number of nitriles is 1. The molecule has 2 atom stereocenters. The number of hydrogen-bond donors (Lipinski definition) is 0. The summed E-state index contributed by atoms with van der Waals surface area (Å²) in [7, 11) is 3.69. The molecule has 13 heavy (non-hydrogen) atoms. The third kappa shape index (κ3) is 1.81. The first kappa shape index (κ1) is 10.0. The SMILES string of the molecule is CC1CN(C)C(CC#N)C(=O)N1C. The molecule has 0 aromatic rings. The highest BCUT2D eigenvalue weighted by atomic mass is 16.2. The predicted molar refractivity (Wildman–Crippen MR) is 48.9 cm³/mol. The van der Waals surface area contributed by atoms with Gasteiger partial charge in [-0.25, -0.2) is 0 Å². The van der Waals surface area contributed by atoms with E-state index in [9.17, 15) is 4.79 Å². The zero-order valence-electron chi connectivity index (χ0n) is 8.32. The fourth-order valence-electron chi connectivity index (χ4n) is 1.64. The molecular formula is C9H15N3O. The molecule has 4 nitrogen and oxygen atoms in total. The molecule has 1 fully saturated rings. The number of rotatable bonds is 1. The minimum atomic E-state index is -0.244. The molecule has 1 rings (SSSR count). The van der Waals surface area contributed by atoms with Crippen molar-refractivity contribution >= 4 is 5.91 Å². The number of carbonyl (C=O) groups excluding carboxylic acids is 1. The summed E-state index contributed by atoms with van der Waals surface area (Å²) < 4.78 is 0. The number of nitrogens with zero attached hydrogens (tertiary/aromatic N) is 3. The molecule has 0 radical (unpaired) electrons. The van der Waals surface area contributed by atoms with E-state index < -0.39 is 0 Å². The van der Waals surface area contributed by atoms with Crippen LogP contribution in [0.15, 0.2) is 0 Å². The maximum atomic E-state index is 11.7. The zero-order chi connectivity index (χ0) is 10.0. The summed E-state index contributed by atoms with van der Waals surface area (Å²) >= 11 is 0. The highest BCUT2D eigenvalue weighted by Gasteiger charge is 2.34. The first-order chi connectivity index (χ1) is 6.07. The molecule has 1 saturated heterocycles. The van der Waals surface area contributed by atoms with Gasteiger partial charge in [0.1, 0.15) is 6.04 Å². The summed E-state index contributed by atoms with van der Waals surface area (Å²) in [6.07, 6.45) is 0.284. The summed E-state index contributed by atoms with van der Waals surface area (Å²) in [4.78, 5) is 15.3. The van der Waals surface area contributed by atoms with Crippen LogP contribution in [-0.2, 0) is 4.79 Å². The monoisotopic (exact) mass is 181 g/mol. The highest BCUT2D eigenvalue weighted by molar-refractivity contribution is 5.83. The second-order valence-electron chi connectivity index (χ2n) is 3.62. The Morgan fingerprint density at radius 1 is 1.62 bits per heavy atom. The molecular weight excluding hydrogens is 166 g/mol. The molecule has 1 heterocycles. The van der Waals surface area contributed by atoms with Gasteiger partial charge in [-0.05, 0) is 14.0 Å². The van der Waals surface area contributed by atoms with Crippen molar-refractivity contribution in [3.05, 3.63) is 0 Å². The minimum Gasteiger partial charge on any atom is -0.340 e. The van der Waals surface area contributed by atoms with Crippen molar-refractivity contribution in [1.82, 2.24) is 9.80 Å². The normalized spacial score (nSPS) is 30.3. The fraction of sp³-hybridized carbons (Fsp3) is 0.778. The van der Waals surface area contributed by atoms with Crippen molar-refractivity contribution in [2.45, 2.75) is 25.4 Å². The lowest BCUT2D eigenvalue weighted by Gasteiger charge is -2.40. The maximum Gasteiger partial charge on any atom is 0.241 e. The van der Waals surface area contributed by atoms with E-state index in [2.05, 4.69) is 0 Å². The van der Waals surface area contributed by atoms with Gasteiger partial charge >= 0.3 is 0 Å². The van der Waals surface area contributed by atoms with E-state index in [-0.39, 0.29) is 24.4 Å². The Balaban J connectivity index is 2.74. The van der Waals surface area contributed by atoms with Crippen LogP contribution in [0.1, 0.15) is 13.3 Å². The summed E-state index contributed by atoms with van der Waals surface area (Å²) in [6, 6.07) is 2.04. The Kier molecular flexibility index (Phi) is 2.89. The Labute approximate surface area is 78.7 Å². The Bertz CT molecular complexity index is 246. The second-order valence-corrected chi connectivity index (χ2v) is 3.62. The van der Waals surface area contributed by atoms with E-state index in [4.69, 9.17) is 5.26 Å². The standard InChI is InChI=1S/C9H15N3O/c1-7-6-11(2)8(4-5-10)9(13)12(7)3/h7-8H,4,6H2,1-3H3. The smallest absolute Gasteiger partial charge is 0.241 e. The Morgan fingerprint density at radius 2 is 2.23 bits per heavy atom. The van der Waals surface area contributed by atoms with Crippen LogP contribution in [0.2, 0.25) is 0 Å². The van der Waals surface area contributed by atoms with Gasteiger partial charge in [0.2, 0.25) is 5.91 Å². The molecule has 4 heteroatoms. The van der Waals surface area contributed by atoms with E-state index in [1.54, 1.807) is 11.9 Å². The average Bonchev–Trinajstić information content (AvgIpc) is 2.09. The summed E-state index contributed by atoms with van der Waals surface area (Å²) in [5.41, 5.74) is 0. The zero-order valence-corrected chi connectivity index (χ0v) is 8.32. The number of piperazine rings is 1. The first-order valence-electron chi connectivity index (χ1n) is 4.41. The third-order valence-electron chi connectivity index (χ3n) is 2.66. The van der Waals surface area contributed by atoms with Gasteiger partial charge in [-0.15, -0.1) is 0 Å². The topological polar surface area (TPSA) is 47.3 Å². The lowest BCUT2D eigenvalue weighted by Crippen LogP contribution is -2.58. The molecule has 0 saturated carbocycles. The minimum absolute atomic E-state index is 0.0581. The van der Waals surface area contributed by atoms with Gasteiger partial charge in [-0.2, -0.15) is 5.26 Å². The predicted octanol–water partition coefficient (Wildman–Crippen LogP) is 0.0610. The lowest BCUT2D eigenvalue weighted by atomic mass is 10.1. The van der Waals surface area contributed by atoms with Gasteiger partial charge in [-0.1, -0.05) is 0 Å². The summed E-state index contributed by atoms with van der Waals surface area (Å²) in [6.45, 7) is 2.85. The van der Waals surface area contributed by atoms with Crippen molar-refractivity contribution in [3.63, 3.8) is 0 Å². The number of amides is 1. The van der Waals surface area contributed by atoms with Gasteiger partial charge in [-0.3, -0.25) is 9.69 Å².